The van der Waals surface area contributed by atoms with Crippen molar-refractivity contribution < 1.29 is 22.7 Å². The fraction of sp³-hybridized carbons (Fsp3) is 0.300. The van der Waals surface area contributed by atoms with Gasteiger partial charge in [0.25, 0.3) is 5.91 Å². The van der Waals surface area contributed by atoms with E-state index in [1.54, 1.807) is 0 Å². The van der Waals surface area contributed by atoms with Crippen LogP contribution >= 0.6 is 11.6 Å². The summed E-state index contributed by atoms with van der Waals surface area (Å²) >= 11 is 6.33. The van der Waals surface area contributed by atoms with E-state index in [2.05, 4.69) is 5.32 Å². The summed E-state index contributed by atoms with van der Waals surface area (Å²) in [6.45, 7) is 4.30. The molecule has 0 fully saturated rings. The fourth-order valence-corrected chi connectivity index (χ4v) is 4.72. The zero-order valence-electron chi connectivity index (χ0n) is 21.2. The first-order valence-electron chi connectivity index (χ1n) is 12.7. The minimum absolute atomic E-state index is 0.00680. The first-order valence-corrected chi connectivity index (χ1v) is 13.1. The Morgan fingerprint density at radius 1 is 1.03 bits per heavy atom. The van der Waals surface area contributed by atoms with E-state index in [0.717, 1.165) is 52.9 Å². The van der Waals surface area contributed by atoms with Crippen molar-refractivity contribution in [2.24, 2.45) is 0 Å². The second-order valence-corrected chi connectivity index (χ2v) is 9.52. The molecule has 0 bridgehead atoms. The fourth-order valence-electron chi connectivity index (χ4n) is 4.52. The number of nitrogens with zero attached hydrogens (tertiary/aromatic N) is 1. The van der Waals surface area contributed by atoms with Crippen molar-refractivity contribution in [3.63, 3.8) is 0 Å². The maximum atomic E-state index is 13.7. The minimum atomic E-state index is -1.32. The summed E-state index contributed by atoms with van der Waals surface area (Å²) in [6, 6.07) is 17.1. The Kier molecular flexibility index (Phi) is 9.48. The predicted octanol–water partition coefficient (Wildman–Crippen LogP) is 6.56. The SMILES string of the molecule is CCN(Cc1ccccc1Cl)C(=O)C1=C(c2ccc(CCCOc3c(F)ccc(F)c3F)cc2)CCNC1. The lowest BCUT2D eigenvalue weighted by molar-refractivity contribution is -0.127. The van der Waals surface area contributed by atoms with Gasteiger partial charge >= 0.3 is 0 Å². The van der Waals surface area contributed by atoms with Crippen LogP contribution in [0.5, 0.6) is 5.75 Å². The van der Waals surface area contributed by atoms with Crippen LogP contribution < -0.4 is 10.1 Å². The number of amides is 1. The molecule has 4 rings (SSSR count). The molecule has 1 aliphatic rings. The lowest BCUT2D eigenvalue weighted by Crippen LogP contribution is -2.37. The van der Waals surface area contributed by atoms with Crippen molar-refractivity contribution in [3.05, 3.63) is 105 Å². The summed E-state index contributed by atoms with van der Waals surface area (Å²) in [5.41, 5.74) is 4.71. The smallest absolute Gasteiger partial charge is 0.251 e. The van der Waals surface area contributed by atoms with Crippen LogP contribution in [0.15, 0.2) is 66.2 Å². The number of rotatable bonds is 10. The van der Waals surface area contributed by atoms with Crippen molar-refractivity contribution in [2.75, 3.05) is 26.2 Å². The molecule has 3 aromatic rings. The second-order valence-electron chi connectivity index (χ2n) is 9.12. The van der Waals surface area contributed by atoms with Gasteiger partial charge in [-0.05, 0) is 73.2 Å². The predicted molar refractivity (Wildman–Crippen MR) is 144 cm³/mol. The number of benzene rings is 3. The standard InChI is InChI=1S/C30H30ClF3N2O2/c1-2-36(19-22-7-3-4-8-25(22)31)30(37)24-18-35-16-15-23(24)21-11-9-20(10-12-21)6-5-17-38-29-27(33)14-13-26(32)28(29)34/h3-4,7-14,35H,2,5-6,15-19H2,1H3. The molecule has 1 heterocycles. The second kappa shape index (κ2) is 13.0. The number of halogens is 4. The highest BCUT2D eigenvalue weighted by atomic mass is 35.5. The monoisotopic (exact) mass is 542 g/mol. The number of carbonyl (C=O) groups is 1. The number of aryl methyl sites for hydroxylation is 1. The highest BCUT2D eigenvalue weighted by molar-refractivity contribution is 6.31. The third kappa shape index (κ3) is 6.58. The molecule has 0 saturated carbocycles. The summed E-state index contributed by atoms with van der Waals surface area (Å²) in [7, 11) is 0. The van der Waals surface area contributed by atoms with Gasteiger partial charge in [-0.2, -0.15) is 4.39 Å². The molecule has 0 unspecified atom stereocenters. The van der Waals surface area contributed by atoms with E-state index >= 15 is 0 Å². The van der Waals surface area contributed by atoms with Crippen LogP contribution in [0, 0.1) is 17.5 Å². The van der Waals surface area contributed by atoms with Gasteiger partial charge < -0.3 is 15.0 Å². The zero-order chi connectivity index (χ0) is 27.1. The number of nitrogens with one attached hydrogen (secondary N) is 1. The average molecular weight is 543 g/mol. The van der Waals surface area contributed by atoms with Gasteiger partial charge in [-0.3, -0.25) is 4.79 Å². The maximum Gasteiger partial charge on any atom is 0.251 e. The van der Waals surface area contributed by atoms with Crippen molar-refractivity contribution in [1.29, 1.82) is 0 Å². The Morgan fingerprint density at radius 2 is 1.76 bits per heavy atom. The van der Waals surface area contributed by atoms with Crippen LogP contribution in [0.4, 0.5) is 13.2 Å². The summed E-state index contributed by atoms with van der Waals surface area (Å²) in [5.74, 6) is -4.09. The van der Waals surface area contributed by atoms with Crippen molar-refractivity contribution in [2.45, 2.75) is 32.7 Å². The lowest BCUT2D eigenvalue weighted by atomic mass is 9.92. The molecule has 200 valence electrons. The Morgan fingerprint density at radius 3 is 2.50 bits per heavy atom. The largest absolute Gasteiger partial charge is 0.488 e. The highest BCUT2D eigenvalue weighted by Gasteiger charge is 2.24. The van der Waals surface area contributed by atoms with Crippen LogP contribution in [-0.4, -0.2) is 37.0 Å². The van der Waals surface area contributed by atoms with Gasteiger partial charge in [-0.1, -0.05) is 54.1 Å². The maximum absolute atomic E-state index is 13.7. The van der Waals surface area contributed by atoms with E-state index in [1.807, 2.05) is 60.4 Å². The van der Waals surface area contributed by atoms with Crippen LogP contribution in [0.3, 0.4) is 0 Å². The van der Waals surface area contributed by atoms with Gasteiger partial charge in [0.2, 0.25) is 5.82 Å². The molecule has 8 heteroatoms. The van der Waals surface area contributed by atoms with E-state index < -0.39 is 23.2 Å². The van der Waals surface area contributed by atoms with Gasteiger partial charge in [0.1, 0.15) is 0 Å². The number of ether oxygens (including phenoxy) is 1. The molecule has 0 atom stereocenters. The van der Waals surface area contributed by atoms with Crippen LogP contribution in [0.1, 0.15) is 36.5 Å². The first kappa shape index (κ1) is 27.7. The Bertz CT molecular complexity index is 1310. The third-order valence-corrected chi connectivity index (χ3v) is 6.99. The first-order chi connectivity index (χ1) is 18.4. The van der Waals surface area contributed by atoms with Crippen LogP contribution in [-0.2, 0) is 17.8 Å². The molecule has 0 aliphatic carbocycles. The molecular weight excluding hydrogens is 513 g/mol. The molecule has 3 aromatic carbocycles. The van der Waals surface area contributed by atoms with Gasteiger partial charge in [-0.25, -0.2) is 8.78 Å². The Hall–Kier alpha value is -3.29. The van der Waals surface area contributed by atoms with Crippen molar-refractivity contribution >= 4 is 23.1 Å². The summed E-state index contributed by atoms with van der Waals surface area (Å²) < 4.78 is 45.9. The number of hydrogen-bond donors (Lipinski definition) is 1. The van der Waals surface area contributed by atoms with Gasteiger partial charge in [0.05, 0.1) is 6.61 Å². The molecule has 0 saturated heterocycles. The molecule has 1 amide bonds. The van der Waals surface area contributed by atoms with E-state index in [-0.39, 0.29) is 12.5 Å². The Balaban J connectivity index is 1.42. The number of likely N-dealkylation sites (N-methyl/N-ethyl adjacent to an activating group) is 1. The van der Waals surface area contributed by atoms with Gasteiger partial charge in [0, 0.05) is 30.2 Å². The normalized spacial score (nSPS) is 13.5. The van der Waals surface area contributed by atoms with E-state index in [0.29, 0.717) is 37.5 Å². The summed E-state index contributed by atoms with van der Waals surface area (Å²) in [5, 5.41) is 3.96. The summed E-state index contributed by atoms with van der Waals surface area (Å²) in [4.78, 5) is 15.4. The molecule has 4 nitrogen and oxygen atoms in total. The van der Waals surface area contributed by atoms with Crippen LogP contribution in [0.25, 0.3) is 5.57 Å². The lowest BCUT2D eigenvalue weighted by Gasteiger charge is -2.27. The molecule has 0 radical (unpaired) electrons. The molecule has 1 N–H and O–H groups in total. The molecule has 1 aliphatic heterocycles. The van der Waals surface area contributed by atoms with Gasteiger partial charge in [0.15, 0.2) is 17.4 Å². The van der Waals surface area contributed by atoms with Crippen LogP contribution in [0.2, 0.25) is 5.02 Å². The van der Waals surface area contributed by atoms with Crippen molar-refractivity contribution in [1.82, 2.24) is 10.2 Å². The van der Waals surface area contributed by atoms with Crippen molar-refractivity contribution in [3.8, 4) is 5.75 Å². The van der Waals surface area contributed by atoms with E-state index in [4.69, 9.17) is 16.3 Å². The van der Waals surface area contributed by atoms with Gasteiger partial charge in [-0.15, -0.1) is 0 Å². The highest BCUT2D eigenvalue weighted by Crippen LogP contribution is 2.28. The molecule has 38 heavy (non-hydrogen) atoms. The Labute approximate surface area is 226 Å². The molecule has 0 aromatic heterocycles. The third-order valence-electron chi connectivity index (χ3n) is 6.62. The average Bonchev–Trinajstić information content (AvgIpc) is 2.94. The molecule has 0 spiro atoms. The van der Waals surface area contributed by atoms with E-state index in [1.165, 1.54) is 0 Å². The quantitative estimate of drug-likeness (QED) is 0.233. The number of hydrogen-bond acceptors (Lipinski definition) is 3. The molecular formula is C30H30ClF3N2O2. The number of carbonyl (C=O) groups excluding carboxylic acids is 1. The van der Waals surface area contributed by atoms with E-state index in [9.17, 15) is 18.0 Å². The summed E-state index contributed by atoms with van der Waals surface area (Å²) in [6.07, 6.45) is 1.86. The topological polar surface area (TPSA) is 41.6 Å². The zero-order valence-corrected chi connectivity index (χ0v) is 22.0. The minimum Gasteiger partial charge on any atom is -0.488 e.